The number of nitrogens with two attached hydrogens (primary N) is 1. The summed E-state index contributed by atoms with van der Waals surface area (Å²) in [5.41, 5.74) is 8.65. The maximum atomic E-state index is 5.57. The largest absolute Gasteiger partial charge is 0.496 e. The molecule has 0 amide bonds. The van der Waals surface area contributed by atoms with Gasteiger partial charge in [-0.05, 0) is 32.0 Å². The quantitative estimate of drug-likeness (QED) is 0.877. The molecule has 0 aliphatic rings. The van der Waals surface area contributed by atoms with Crippen LogP contribution in [-0.2, 0) is 6.42 Å². The van der Waals surface area contributed by atoms with E-state index in [1.807, 2.05) is 25.1 Å². The Bertz CT molecular complexity index is 506. The normalized spacial score (nSPS) is 10.5. The fourth-order valence-electron chi connectivity index (χ4n) is 1.81. The molecule has 0 radical (unpaired) electrons. The van der Waals surface area contributed by atoms with Crippen LogP contribution >= 0.6 is 0 Å². The van der Waals surface area contributed by atoms with Crippen molar-refractivity contribution in [1.29, 1.82) is 0 Å². The van der Waals surface area contributed by atoms with Gasteiger partial charge in [0.1, 0.15) is 5.75 Å². The first-order valence-corrected chi connectivity index (χ1v) is 5.55. The highest BCUT2D eigenvalue weighted by molar-refractivity contribution is 5.69. The molecule has 0 saturated carbocycles. The lowest BCUT2D eigenvalue weighted by Gasteiger charge is -2.08. The molecule has 0 aliphatic heterocycles. The second kappa shape index (κ2) is 5.01. The zero-order valence-electron chi connectivity index (χ0n) is 10.1. The van der Waals surface area contributed by atoms with E-state index in [1.165, 1.54) is 0 Å². The molecule has 0 unspecified atom stereocenters. The molecule has 0 saturated heterocycles. The van der Waals surface area contributed by atoms with Crippen molar-refractivity contribution >= 4 is 0 Å². The standard InChI is InChI=1S/C13H16N2O2/c1-9-3-4-12(16-2)11(7-9)13-10(5-6-14)8-15-17-13/h3-4,7-8H,5-6,14H2,1-2H3. The Kier molecular flexibility index (Phi) is 3.44. The lowest BCUT2D eigenvalue weighted by atomic mass is 10.0. The molecule has 1 heterocycles. The maximum Gasteiger partial charge on any atom is 0.173 e. The van der Waals surface area contributed by atoms with Gasteiger partial charge >= 0.3 is 0 Å². The topological polar surface area (TPSA) is 61.3 Å². The summed E-state index contributed by atoms with van der Waals surface area (Å²) in [6.45, 7) is 2.60. The van der Waals surface area contributed by atoms with E-state index in [4.69, 9.17) is 15.0 Å². The Morgan fingerprint density at radius 3 is 2.94 bits per heavy atom. The summed E-state index contributed by atoms with van der Waals surface area (Å²) in [6.07, 6.45) is 2.46. The van der Waals surface area contributed by atoms with Gasteiger partial charge in [-0.15, -0.1) is 0 Å². The SMILES string of the molecule is COc1ccc(C)cc1-c1oncc1CCN. The van der Waals surface area contributed by atoms with Crippen molar-refractivity contribution in [1.82, 2.24) is 5.16 Å². The predicted octanol–water partition coefficient (Wildman–Crippen LogP) is 2.16. The number of nitrogens with zero attached hydrogens (tertiary/aromatic N) is 1. The number of benzene rings is 1. The third-order valence-electron chi connectivity index (χ3n) is 2.66. The molecule has 0 atom stereocenters. The molecule has 1 aromatic carbocycles. The summed E-state index contributed by atoms with van der Waals surface area (Å²) in [4.78, 5) is 0. The highest BCUT2D eigenvalue weighted by atomic mass is 16.5. The van der Waals surface area contributed by atoms with Crippen LogP contribution in [0.1, 0.15) is 11.1 Å². The first kappa shape index (κ1) is 11.7. The van der Waals surface area contributed by atoms with Gasteiger partial charge in [0.15, 0.2) is 5.76 Å². The van der Waals surface area contributed by atoms with Gasteiger partial charge in [-0.1, -0.05) is 16.8 Å². The van der Waals surface area contributed by atoms with E-state index in [0.29, 0.717) is 6.54 Å². The molecular formula is C13H16N2O2. The average molecular weight is 232 g/mol. The van der Waals surface area contributed by atoms with E-state index in [-0.39, 0.29) is 0 Å². The van der Waals surface area contributed by atoms with Gasteiger partial charge in [0.05, 0.1) is 18.9 Å². The number of ether oxygens (including phenoxy) is 1. The van der Waals surface area contributed by atoms with E-state index < -0.39 is 0 Å². The van der Waals surface area contributed by atoms with Crippen molar-refractivity contribution < 1.29 is 9.26 Å². The molecule has 0 fully saturated rings. The Balaban J connectivity index is 2.51. The van der Waals surface area contributed by atoms with Crippen molar-refractivity contribution in [3.8, 4) is 17.1 Å². The van der Waals surface area contributed by atoms with Crippen LogP contribution in [-0.4, -0.2) is 18.8 Å². The minimum absolute atomic E-state index is 0.572. The molecule has 4 heteroatoms. The molecule has 4 nitrogen and oxygen atoms in total. The van der Waals surface area contributed by atoms with Crippen molar-refractivity contribution in [3.63, 3.8) is 0 Å². The highest BCUT2D eigenvalue weighted by Gasteiger charge is 2.14. The van der Waals surface area contributed by atoms with Gasteiger partial charge in [0.2, 0.25) is 0 Å². The molecule has 0 bridgehead atoms. The third kappa shape index (κ3) is 2.31. The van der Waals surface area contributed by atoms with Crippen LogP contribution in [0.5, 0.6) is 5.75 Å². The van der Waals surface area contributed by atoms with Crippen molar-refractivity contribution in [2.45, 2.75) is 13.3 Å². The van der Waals surface area contributed by atoms with Crippen LogP contribution in [0, 0.1) is 6.92 Å². The summed E-state index contributed by atoms with van der Waals surface area (Å²) in [7, 11) is 1.65. The molecule has 0 spiro atoms. The molecule has 17 heavy (non-hydrogen) atoms. The van der Waals surface area contributed by atoms with Crippen LogP contribution in [0.4, 0.5) is 0 Å². The summed E-state index contributed by atoms with van der Waals surface area (Å²) in [6, 6.07) is 5.96. The van der Waals surface area contributed by atoms with E-state index >= 15 is 0 Å². The van der Waals surface area contributed by atoms with Gasteiger partial charge in [-0.3, -0.25) is 0 Å². The molecule has 2 N–H and O–H groups in total. The molecule has 0 aliphatic carbocycles. The van der Waals surface area contributed by atoms with Crippen LogP contribution < -0.4 is 10.5 Å². The third-order valence-corrected chi connectivity index (χ3v) is 2.66. The van der Waals surface area contributed by atoms with Gasteiger partial charge in [-0.25, -0.2) is 0 Å². The summed E-state index contributed by atoms with van der Waals surface area (Å²) in [5.74, 6) is 1.53. The van der Waals surface area contributed by atoms with Gasteiger partial charge < -0.3 is 15.0 Å². The molecule has 1 aromatic heterocycles. The Hall–Kier alpha value is -1.81. The summed E-state index contributed by atoms with van der Waals surface area (Å²) >= 11 is 0. The highest BCUT2D eigenvalue weighted by Crippen LogP contribution is 2.33. The van der Waals surface area contributed by atoms with Crippen LogP contribution in [0.2, 0.25) is 0 Å². The number of hydrogen-bond donors (Lipinski definition) is 1. The van der Waals surface area contributed by atoms with Gasteiger partial charge in [-0.2, -0.15) is 0 Å². The van der Waals surface area contributed by atoms with E-state index in [9.17, 15) is 0 Å². The monoisotopic (exact) mass is 232 g/mol. The maximum absolute atomic E-state index is 5.57. The van der Waals surface area contributed by atoms with Gasteiger partial charge in [0.25, 0.3) is 0 Å². The van der Waals surface area contributed by atoms with Crippen LogP contribution in [0.3, 0.4) is 0 Å². The first-order chi connectivity index (χ1) is 8.26. The fraction of sp³-hybridized carbons (Fsp3) is 0.308. The van der Waals surface area contributed by atoms with E-state index in [0.717, 1.165) is 34.6 Å². The smallest absolute Gasteiger partial charge is 0.173 e. The molecule has 2 aromatic rings. The molecule has 90 valence electrons. The first-order valence-electron chi connectivity index (χ1n) is 5.55. The Morgan fingerprint density at radius 1 is 1.41 bits per heavy atom. The summed E-state index contributed by atoms with van der Waals surface area (Å²) < 4.78 is 10.7. The number of aromatic nitrogens is 1. The molecule has 2 rings (SSSR count). The zero-order chi connectivity index (χ0) is 12.3. The number of hydrogen-bond acceptors (Lipinski definition) is 4. The van der Waals surface area contributed by atoms with Gasteiger partial charge in [0, 0.05) is 5.56 Å². The number of aryl methyl sites for hydroxylation is 1. The van der Waals surface area contributed by atoms with Crippen molar-refractivity contribution in [2.75, 3.05) is 13.7 Å². The van der Waals surface area contributed by atoms with E-state index in [2.05, 4.69) is 5.16 Å². The number of methoxy groups -OCH3 is 1. The Labute approximate surface area is 100 Å². The minimum Gasteiger partial charge on any atom is -0.496 e. The molecular weight excluding hydrogens is 216 g/mol. The van der Waals surface area contributed by atoms with E-state index in [1.54, 1.807) is 13.3 Å². The zero-order valence-corrected chi connectivity index (χ0v) is 10.1. The Morgan fingerprint density at radius 2 is 2.24 bits per heavy atom. The average Bonchev–Trinajstić information content (AvgIpc) is 2.77. The lowest BCUT2D eigenvalue weighted by molar-refractivity contribution is 0.405. The van der Waals surface area contributed by atoms with Crippen LogP contribution in [0.15, 0.2) is 28.9 Å². The van der Waals surface area contributed by atoms with Crippen molar-refractivity contribution in [2.24, 2.45) is 5.73 Å². The summed E-state index contributed by atoms with van der Waals surface area (Å²) in [5, 5.41) is 3.84. The fourth-order valence-corrected chi connectivity index (χ4v) is 1.81. The second-order valence-electron chi connectivity index (χ2n) is 3.92. The predicted molar refractivity (Wildman–Crippen MR) is 66.0 cm³/mol. The number of rotatable bonds is 4. The van der Waals surface area contributed by atoms with Crippen molar-refractivity contribution in [3.05, 3.63) is 35.5 Å². The second-order valence-corrected chi connectivity index (χ2v) is 3.92. The minimum atomic E-state index is 0.572. The van der Waals surface area contributed by atoms with Crippen LogP contribution in [0.25, 0.3) is 11.3 Å². The lowest BCUT2D eigenvalue weighted by Crippen LogP contribution is -2.02.